The van der Waals surface area contributed by atoms with Crippen LogP contribution in [0.1, 0.15) is 26.7 Å². The zero-order valence-electron chi connectivity index (χ0n) is 8.54. The summed E-state index contributed by atoms with van der Waals surface area (Å²) in [5.74, 6) is -0.00597. The summed E-state index contributed by atoms with van der Waals surface area (Å²) < 4.78 is 0. The molecule has 3 nitrogen and oxygen atoms in total. The lowest BCUT2D eigenvalue weighted by atomic mass is 9.82. The number of rotatable bonds is 6. The van der Waals surface area contributed by atoms with E-state index in [2.05, 4.69) is 0 Å². The molecule has 0 rings (SSSR count). The van der Waals surface area contributed by atoms with Gasteiger partial charge in [0.1, 0.15) is 5.54 Å². The average Bonchev–Trinajstić information content (AvgIpc) is 2.12. The van der Waals surface area contributed by atoms with E-state index in [1.807, 2.05) is 20.1 Å². The van der Waals surface area contributed by atoms with Gasteiger partial charge in [0.05, 0.1) is 0 Å². The van der Waals surface area contributed by atoms with E-state index in [0.717, 1.165) is 12.2 Å². The first kappa shape index (κ1) is 12.8. The van der Waals surface area contributed by atoms with Crippen LogP contribution in [0.2, 0.25) is 0 Å². The molecule has 0 aliphatic rings. The maximum absolute atomic E-state index is 11.0. The molecule has 0 aliphatic carbocycles. The second kappa shape index (κ2) is 5.50. The second-order valence-electron chi connectivity index (χ2n) is 3.26. The van der Waals surface area contributed by atoms with Gasteiger partial charge in [0.15, 0.2) is 0 Å². The Kier molecular flexibility index (Phi) is 5.40. The lowest BCUT2D eigenvalue weighted by Gasteiger charge is -2.31. The molecule has 0 fully saturated rings. The van der Waals surface area contributed by atoms with Gasteiger partial charge in [-0.15, -0.1) is 0 Å². The molecule has 78 valence electrons. The van der Waals surface area contributed by atoms with Gasteiger partial charge in [0, 0.05) is 0 Å². The second-order valence-corrected chi connectivity index (χ2v) is 4.17. The predicted molar refractivity (Wildman–Crippen MR) is 57.0 cm³/mol. The van der Waals surface area contributed by atoms with Gasteiger partial charge in [-0.2, -0.15) is 11.8 Å². The Labute approximate surface area is 84.1 Å². The number of carbonyl (C=O) groups is 1. The highest BCUT2D eigenvalue weighted by Crippen LogP contribution is 2.25. The van der Waals surface area contributed by atoms with Crippen molar-refractivity contribution < 1.29 is 9.90 Å². The van der Waals surface area contributed by atoms with E-state index in [4.69, 9.17) is 10.8 Å². The summed E-state index contributed by atoms with van der Waals surface area (Å²) in [5.41, 5.74) is 4.82. The highest BCUT2D eigenvalue weighted by molar-refractivity contribution is 7.98. The Morgan fingerprint density at radius 3 is 2.38 bits per heavy atom. The van der Waals surface area contributed by atoms with E-state index in [1.54, 1.807) is 11.8 Å². The molecule has 2 atom stereocenters. The van der Waals surface area contributed by atoms with Gasteiger partial charge in [0.2, 0.25) is 0 Å². The fourth-order valence-electron chi connectivity index (χ4n) is 1.45. The van der Waals surface area contributed by atoms with Crippen LogP contribution in [0.15, 0.2) is 0 Å². The molecule has 0 saturated heterocycles. The molecule has 3 N–H and O–H groups in total. The molecule has 2 unspecified atom stereocenters. The third-order valence-electron chi connectivity index (χ3n) is 2.57. The maximum atomic E-state index is 11.0. The maximum Gasteiger partial charge on any atom is 0.323 e. The van der Waals surface area contributed by atoms with Crippen LogP contribution in [-0.4, -0.2) is 28.6 Å². The minimum Gasteiger partial charge on any atom is -0.480 e. The van der Waals surface area contributed by atoms with Crippen molar-refractivity contribution in [3.8, 4) is 0 Å². The van der Waals surface area contributed by atoms with Crippen molar-refractivity contribution in [1.82, 2.24) is 0 Å². The Bertz CT molecular complexity index is 175. The molecule has 0 heterocycles. The van der Waals surface area contributed by atoms with Crippen LogP contribution in [-0.2, 0) is 4.79 Å². The summed E-state index contributed by atoms with van der Waals surface area (Å²) in [7, 11) is 0. The van der Waals surface area contributed by atoms with E-state index in [-0.39, 0.29) is 5.92 Å². The smallest absolute Gasteiger partial charge is 0.323 e. The van der Waals surface area contributed by atoms with Gasteiger partial charge in [-0.25, -0.2) is 0 Å². The normalized spacial score (nSPS) is 17.8. The zero-order valence-corrected chi connectivity index (χ0v) is 9.36. The van der Waals surface area contributed by atoms with E-state index in [0.29, 0.717) is 6.42 Å². The molecule has 0 aromatic rings. The Balaban J connectivity index is 4.58. The van der Waals surface area contributed by atoms with Crippen LogP contribution in [0.25, 0.3) is 0 Å². The van der Waals surface area contributed by atoms with Crippen molar-refractivity contribution in [3.05, 3.63) is 0 Å². The van der Waals surface area contributed by atoms with Crippen molar-refractivity contribution in [1.29, 1.82) is 0 Å². The molecule has 0 aromatic heterocycles. The van der Waals surface area contributed by atoms with Crippen molar-refractivity contribution >= 4 is 17.7 Å². The number of hydrogen-bond acceptors (Lipinski definition) is 3. The lowest BCUT2D eigenvalue weighted by Crippen LogP contribution is -2.54. The number of carboxylic acid groups (broad SMARTS) is 1. The number of hydrogen-bond donors (Lipinski definition) is 2. The predicted octanol–water partition coefficient (Wildman–Crippen LogP) is 1.57. The molecular weight excluding hydrogens is 186 g/mol. The van der Waals surface area contributed by atoms with Crippen molar-refractivity contribution in [2.45, 2.75) is 32.2 Å². The first-order valence-corrected chi connectivity index (χ1v) is 5.93. The van der Waals surface area contributed by atoms with Crippen molar-refractivity contribution in [2.24, 2.45) is 11.7 Å². The van der Waals surface area contributed by atoms with Gasteiger partial charge < -0.3 is 10.8 Å². The molecule has 13 heavy (non-hydrogen) atoms. The molecule has 0 spiro atoms. The fraction of sp³-hybridized carbons (Fsp3) is 0.889. The number of thioether (sulfide) groups is 1. The first-order valence-electron chi connectivity index (χ1n) is 4.54. The lowest BCUT2D eigenvalue weighted by molar-refractivity contribution is -0.145. The summed E-state index contributed by atoms with van der Waals surface area (Å²) in [4.78, 5) is 11.0. The van der Waals surface area contributed by atoms with Crippen LogP contribution in [0, 0.1) is 5.92 Å². The standard InChI is InChI=1S/C9H19NO2S/c1-4-7(6-13-3)9(10,5-2)8(11)12/h7H,4-6,10H2,1-3H3,(H,11,12). The summed E-state index contributed by atoms with van der Waals surface area (Å²) in [6, 6.07) is 0. The fourth-order valence-corrected chi connectivity index (χ4v) is 2.38. The van der Waals surface area contributed by atoms with E-state index in [9.17, 15) is 4.79 Å². The number of carboxylic acids is 1. The van der Waals surface area contributed by atoms with Crippen LogP contribution >= 0.6 is 11.8 Å². The van der Waals surface area contributed by atoms with E-state index >= 15 is 0 Å². The molecule has 0 amide bonds. The minimum atomic E-state index is -1.04. The molecule has 0 aromatic carbocycles. The Morgan fingerprint density at radius 2 is 2.15 bits per heavy atom. The molecule has 0 aliphatic heterocycles. The SMILES string of the molecule is CCC(CSC)C(N)(CC)C(=O)O. The van der Waals surface area contributed by atoms with Crippen LogP contribution in [0.3, 0.4) is 0 Å². The Hall–Kier alpha value is -0.220. The third kappa shape index (κ3) is 2.88. The van der Waals surface area contributed by atoms with Gasteiger partial charge >= 0.3 is 5.97 Å². The van der Waals surface area contributed by atoms with E-state index < -0.39 is 11.5 Å². The summed E-state index contributed by atoms with van der Waals surface area (Å²) in [6.45, 7) is 3.82. The minimum absolute atomic E-state index is 0.0602. The highest BCUT2D eigenvalue weighted by Gasteiger charge is 2.39. The van der Waals surface area contributed by atoms with Crippen molar-refractivity contribution in [3.63, 3.8) is 0 Å². The first-order chi connectivity index (χ1) is 6.02. The number of aliphatic carboxylic acids is 1. The molecule has 4 heteroatoms. The summed E-state index contributed by atoms with van der Waals surface area (Å²) in [5, 5.41) is 9.03. The van der Waals surface area contributed by atoms with Crippen LogP contribution in [0.5, 0.6) is 0 Å². The third-order valence-corrected chi connectivity index (χ3v) is 3.31. The highest BCUT2D eigenvalue weighted by atomic mass is 32.2. The van der Waals surface area contributed by atoms with Crippen LogP contribution in [0.4, 0.5) is 0 Å². The topological polar surface area (TPSA) is 63.3 Å². The molecule has 0 radical (unpaired) electrons. The van der Waals surface area contributed by atoms with Crippen LogP contribution < -0.4 is 5.73 Å². The van der Waals surface area contributed by atoms with Gasteiger partial charge in [0.25, 0.3) is 0 Å². The molecular formula is C9H19NO2S. The van der Waals surface area contributed by atoms with Gasteiger partial charge in [-0.3, -0.25) is 4.79 Å². The van der Waals surface area contributed by atoms with Gasteiger partial charge in [-0.05, 0) is 24.3 Å². The Morgan fingerprint density at radius 1 is 1.62 bits per heavy atom. The van der Waals surface area contributed by atoms with Crippen molar-refractivity contribution in [2.75, 3.05) is 12.0 Å². The molecule has 0 bridgehead atoms. The summed E-state index contributed by atoms with van der Waals surface area (Å²) in [6.07, 6.45) is 3.28. The van der Waals surface area contributed by atoms with Gasteiger partial charge in [-0.1, -0.05) is 20.3 Å². The quantitative estimate of drug-likeness (QED) is 0.691. The number of nitrogens with two attached hydrogens (primary N) is 1. The molecule has 0 saturated carbocycles. The van der Waals surface area contributed by atoms with E-state index in [1.165, 1.54) is 0 Å². The summed E-state index contributed by atoms with van der Waals surface area (Å²) >= 11 is 1.65. The zero-order chi connectivity index (χ0) is 10.5. The monoisotopic (exact) mass is 205 g/mol. The average molecular weight is 205 g/mol. The largest absolute Gasteiger partial charge is 0.480 e.